The molecule has 1 fully saturated rings. The molecule has 0 saturated carbocycles. The van der Waals surface area contributed by atoms with Crippen LogP contribution in [0.3, 0.4) is 0 Å². The van der Waals surface area contributed by atoms with Gasteiger partial charge in [0.2, 0.25) is 0 Å². The van der Waals surface area contributed by atoms with Crippen molar-refractivity contribution in [3.05, 3.63) is 59.4 Å². The Kier molecular flexibility index (Phi) is 6.29. The maximum Gasteiger partial charge on any atom is 0.343 e. The molecule has 1 aliphatic rings. The summed E-state index contributed by atoms with van der Waals surface area (Å²) in [6.07, 6.45) is 5.31. The van der Waals surface area contributed by atoms with Gasteiger partial charge in [0.1, 0.15) is 5.82 Å². The molecule has 3 rings (SSSR count). The number of hydrogen-bond acceptors (Lipinski definition) is 5. The van der Waals surface area contributed by atoms with Gasteiger partial charge < -0.3 is 9.47 Å². The lowest BCUT2D eigenvalue weighted by Gasteiger charge is -2.36. The van der Waals surface area contributed by atoms with Gasteiger partial charge in [0.25, 0.3) is 0 Å². The fourth-order valence-electron chi connectivity index (χ4n) is 3.36. The zero-order chi connectivity index (χ0) is 20.1. The first-order valence-corrected chi connectivity index (χ1v) is 9.46. The van der Waals surface area contributed by atoms with Gasteiger partial charge in [0, 0.05) is 12.1 Å². The normalized spacial score (nSPS) is 19.6. The number of esters is 1. The van der Waals surface area contributed by atoms with Crippen LogP contribution in [0.15, 0.2) is 47.6 Å². The second kappa shape index (κ2) is 8.87. The maximum absolute atomic E-state index is 13.0. The molecule has 0 aliphatic carbocycles. The first kappa shape index (κ1) is 19.9. The maximum atomic E-state index is 13.0. The molecular weight excluding hydrogens is 359 g/mol. The van der Waals surface area contributed by atoms with E-state index in [1.54, 1.807) is 18.3 Å². The Morgan fingerprint density at radius 3 is 2.43 bits per heavy atom. The van der Waals surface area contributed by atoms with Crippen molar-refractivity contribution in [3.63, 3.8) is 0 Å². The zero-order valence-corrected chi connectivity index (χ0v) is 16.4. The summed E-state index contributed by atoms with van der Waals surface area (Å²) in [6, 6.07) is 11.3. The van der Waals surface area contributed by atoms with Gasteiger partial charge >= 0.3 is 5.97 Å². The van der Waals surface area contributed by atoms with Crippen LogP contribution in [0.25, 0.3) is 0 Å². The molecule has 0 spiro atoms. The first-order valence-electron chi connectivity index (χ1n) is 9.46. The SMILES string of the molecule is COc1cc(C=NN2C(C)CCCC2C)ccc1OC(=O)c1ccc(F)cc1. The average molecular weight is 384 g/mol. The summed E-state index contributed by atoms with van der Waals surface area (Å²) in [7, 11) is 1.51. The van der Waals surface area contributed by atoms with Crippen LogP contribution >= 0.6 is 0 Å². The summed E-state index contributed by atoms with van der Waals surface area (Å²) in [5, 5.41) is 6.78. The molecule has 28 heavy (non-hydrogen) atoms. The van der Waals surface area contributed by atoms with Crippen molar-refractivity contribution in [2.24, 2.45) is 5.10 Å². The molecule has 6 heteroatoms. The number of benzene rings is 2. The molecule has 0 bridgehead atoms. The van der Waals surface area contributed by atoms with Crippen molar-refractivity contribution in [2.45, 2.75) is 45.2 Å². The van der Waals surface area contributed by atoms with Gasteiger partial charge in [-0.2, -0.15) is 5.10 Å². The summed E-state index contributed by atoms with van der Waals surface area (Å²) < 4.78 is 23.8. The molecule has 0 N–H and O–H groups in total. The minimum absolute atomic E-state index is 0.266. The lowest BCUT2D eigenvalue weighted by molar-refractivity contribution is 0.0729. The van der Waals surface area contributed by atoms with Gasteiger partial charge in [-0.15, -0.1) is 0 Å². The van der Waals surface area contributed by atoms with Crippen molar-refractivity contribution in [3.8, 4) is 11.5 Å². The Bertz CT molecular complexity index is 841. The Balaban J connectivity index is 1.73. The standard InChI is InChI=1S/C22H25FN2O3/c1-15-5-4-6-16(2)25(15)24-14-17-7-12-20(21(13-17)27-3)28-22(26)18-8-10-19(23)11-9-18/h7-16H,4-6H2,1-3H3. The average Bonchev–Trinajstić information content (AvgIpc) is 2.69. The highest BCUT2D eigenvalue weighted by molar-refractivity contribution is 5.91. The van der Waals surface area contributed by atoms with Crippen LogP contribution in [0.1, 0.15) is 49.0 Å². The quantitative estimate of drug-likeness (QED) is 0.428. The number of hydrazone groups is 1. The molecule has 1 aliphatic heterocycles. The largest absolute Gasteiger partial charge is 0.493 e. The van der Waals surface area contributed by atoms with Crippen LogP contribution in [-0.2, 0) is 0 Å². The fraction of sp³-hybridized carbons (Fsp3) is 0.364. The second-order valence-electron chi connectivity index (χ2n) is 7.06. The highest BCUT2D eigenvalue weighted by Gasteiger charge is 2.22. The van der Waals surface area contributed by atoms with Crippen molar-refractivity contribution in [1.82, 2.24) is 5.01 Å². The van der Waals surface area contributed by atoms with Gasteiger partial charge in [-0.25, -0.2) is 9.18 Å². The van der Waals surface area contributed by atoms with Gasteiger partial charge in [-0.3, -0.25) is 5.01 Å². The van der Waals surface area contributed by atoms with Crippen LogP contribution in [0.4, 0.5) is 4.39 Å². The number of halogens is 1. The van der Waals surface area contributed by atoms with Gasteiger partial charge in [0.15, 0.2) is 11.5 Å². The molecule has 0 amide bonds. The fourth-order valence-corrected chi connectivity index (χ4v) is 3.36. The van der Waals surface area contributed by atoms with E-state index >= 15 is 0 Å². The summed E-state index contributed by atoms with van der Waals surface area (Å²) in [4.78, 5) is 12.2. The molecule has 2 aromatic carbocycles. The zero-order valence-electron chi connectivity index (χ0n) is 16.4. The number of ether oxygens (including phenoxy) is 2. The third kappa shape index (κ3) is 4.68. The minimum atomic E-state index is -0.573. The number of rotatable bonds is 5. The highest BCUT2D eigenvalue weighted by Crippen LogP contribution is 2.29. The number of hydrogen-bond donors (Lipinski definition) is 0. The number of carbonyl (C=O) groups excluding carboxylic acids is 1. The van der Waals surface area contributed by atoms with Crippen LogP contribution < -0.4 is 9.47 Å². The molecule has 0 aromatic heterocycles. The minimum Gasteiger partial charge on any atom is -0.493 e. The van der Waals surface area contributed by atoms with Crippen LogP contribution in [-0.4, -0.2) is 36.4 Å². The summed E-state index contributed by atoms with van der Waals surface area (Å²) in [6.45, 7) is 4.37. The Labute approximate surface area is 164 Å². The van der Waals surface area contributed by atoms with E-state index in [1.165, 1.54) is 37.8 Å². The Morgan fingerprint density at radius 1 is 1.11 bits per heavy atom. The summed E-state index contributed by atoms with van der Waals surface area (Å²) in [5.41, 5.74) is 1.12. The Hall–Kier alpha value is -2.89. The second-order valence-corrected chi connectivity index (χ2v) is 7.06. The number of piperidine rings is 1. The molecular formula is C22H25FN2O3. The molecule has 1 saturated heterocycles. The molecule has 2 aromatic rings. The van der Waals surface area contributed by atoms with Gasteiger partial charge in [-0.05, 0) is 81.1 Å². The Morgan fingerprint density at radius 2 is 1.79 bits per heavy atom. The smallest absolute Gasteiger partial charge is 0.343 e. The molecule has 5 nitrogen and oxygen atoms in total. The number of carbonyl (C=O) groups is 1. The van der Waals surface area contributed by atoms with E-state index in [1.807, 2.05) is 6.07 Å². The number of methoxy groups -OCH3 is 1. The number of nitrogens with zero attached hydrogens (tertiary/aromatic N) is 2. The topological polar surface area (TPSA) is 51.1 Å². The molecule has 2 unspecified atom stereocenters. The van der Waals surface area contributed by atoms with Crippen molar-refractivity contribution < 1.29 is 18.7 Å². The van der Waals surface area contributed by atoms with Crippen LogP contribution in [0.5, 0.6) is 11.5 Å². The van der Waals surface area contributed by atoms with E-state index in [0.29, 0.717) is 23.6 Å². The molecule has 1 heterocycles. The molecule has 2 atom stereocenters. The van der Waals surface area contributed by atoms with Gasteiger partial charge in [-0.1, -0.05) is 0 Å². The molecule has 148 valence electrons. The van der Waals surface area contributed by atoms with E-state index < -0.39 is 11.8 Å². The molecule has 0 radical (unpaired) electrons. The van der Waals surface area contributed by atoms with E-state index in [4.69, 9.17) is 9.47 Å². The van der Waals surface area contributed by atoms with Crippen molar-refractivity contribution >= 4 is 12.2 Å². The van der Waals surface area contributed by atoms with E-state index in [-0.39, 0.29) is 5.56 Å². The first-order chi connectivity index (χ1) is 13.5. The van der Waals surface area contributed by atoms with E-state index in [9.17, 15) is 9.18 Å². The predicted molar refractivity (Wildman–Crippen MR) is 107 cm³/mol. The van der Waals surface area contributed by atoms with E-state index in [0.717, 1.165) is 18.4 Å². The highest BCUT2D eigenvalue weighted by atomic mass is 19.1. The van der Waals surface area contributed by atoms with Crippen molar-refractivity contribution in [2.75, 3.05) is 7.11 Å². The monoisotopic (exact) mass is 384 g/mol. The summed E-state index contributed by atoms with van der Waals surface area (Å²) in [5.74, 6) is -0.251. The summed E-state index contributed by atoms with van der Waals surface area (Å²) >= 11 is 0. The predicted octanol–water partition coefficient (Wildman–Crippen LogP) is 4.65. The van der Waals surface area contributed by atoms with Crippen LogP contribution in [0.2, 0.25) is 0 Å². The lowest BCUT2D eigenvalue weighted by atomic mass is 10.00. The van der Waals surface area contributed by atoms with E-state index in [2.05, 4.69) is 24.0 Å². The van der Waals surface area contributed by atoms with Gasteiger partial charge in [0.05, 0.1) is 18.9 Å². The lowest BCUT2D eigenvalue weighted by Crippen LogP contribution is -2.39. The van der Waals surface area contributed by atoms with Crippen LogP contribution in [0, 0.1) is 5.82 Å². The third-order valence-electron chi connectivity index (χ3n) is 4.96. The third-order valence-corrected chi connectivity index (χ3v) is 4.96. The van der Waals surface area contributed by atoms with Crippen molar-refractivity contribution in [1.29, 1.82) is 0 Å².